The Morgan fingerprint density at radius 1 is 0.828 bits per heavy atom. The van der Waals surface area contributed by atoms with Gasteiger partial charge in [0.1, 0.15) is 5.36 Å². The number of H-pyrrole nitrogens is 3. The Hall–Kier alpha value is -4.19. The van der Waals surface area contributed by atoms with Gasteiger partial charge in [0.05, 0.1) is 16.9 Å². The number of amides is 1. The van der Waals surface area contributed by atoms with Crippen molar-refractivity contribution in [3.63, 3.8) is 0 Å². The van der Waals surface area contributed by atoms with Gasteiger partial charge in [-0.2, -0.15) is 0 Å². The van der Waals surface area contributed by atoms with Crippen molar-refractivity contribution in [1.29, 1.82) is 0 Å². The SMILES string of the molecule is C=CC(=O)N=c1c2nc(cc3ccc(cc4ccc(cc5ccc1[nH]5)[nH]4)[nH]3)C=C2. The van der Waals surface area contributed by atoms with Crippen LogP contribution in [-0.2, 0) is 4.79 Å². The van der Waals surface area contributed by atoms with Crippen LogP contribution in [0.15, 0.2) is 72.2 Å². The summed E-state index contributed by atoms with van der Waals surface area (Å²) in [6, 6.07) is 17.9. The molecule has 0 radical (unpaired) electrons. The van der Waals surface area contributed by atoms with E-state index in [-0.39, 0.29) is 0 Å². The fraction of sp³-hybridized carbons (Fsp3) is 0. The molecule has 4 aromatic heterocycles. The van der Waals surface area contributed by atoms with Crippen LogP contribution in [0.2, 0.25) is 0 Å². The number of nitrogens with one attached hydrogen (secondary N) is 3. The molecule has 5 rings (SSSR count). The van der Waals surface area contributed by atoms with Crippen LogP contribution >= 0.6 is 0 Å². The lowest BCUT2D eigenvalue weighted by Crippen LogP contribution is -2.10. The molecule has 140 valence electrons. The Labute approximate surface area is 165 Å². The lowest BCUT2D eigenvalue weighted by atomic mass is 10.3. The monoisotopic (exact) mass is 379 g/mol. The number of aromatic nitrogens is 4. The number of aromatic amines is 3. The number of hydrogen-bond acceptors (Lipinski definition) is 2. The highest BCUT2D eigenvalue weighted by Crippen LogP contribution is 2.13. The molecule has 0 saturated heterocycles. The van der Waals surface area contributed by atoms with Gasteiger partial charge in [0.2, 0.25) is 0 Å². The average molecular weight is 379 g/mol. The highest BCUT2D eigenvalue weighted by atomic mass is 16.1. The maximum absolute atomic E-state index is 12.0. The number of carbonyl (C=O) groups excluding carboxylic acids is 1. The van der Waals surface area contributed by atoms with E-state index in [2.05, 4.69) is 37.6 Å². The molecule has 1 aliphatic rings. The lowest BCUT2D eigenvalue weighted by molar-refractivity contribution is -0.113. The zero-order valence-corrected chi connectivity index (χ0v) is 15.4. The molecule has 6 heteroatoms. The van der Waals surface area contributed by atoms with E-state index in [1.807, 2.05) is 60.7 Å². The topological polar surface area (TPSA) is 89.7 Å². The molecule has 0 aromatic carbocycles. The molecule has 5 heterocycles. The van der Waals surface area contributed by atoms with Gasteiger partial charge in [0, 0.05) is 27.6 Å². The van der Waals surface area contributed by atoms with Crippen molar-refractivity contribution in [2.45, 2.75) is 0 Å². The van der Waals surface area contributed by atoms with Gasteiger partial charge in [0.15, 0.2) is 0 Å². The van der Waals surface area contributed by atoms with Gasteiger partial charge in [-0.1, -0.05) is 6.58 Å². The third-order valence-electron chi connectivity index (χ3n) is 4.65. The van der Waals surface area contributed by atoms with E-state index >= 15 is 0 Å². The van der Waals surface area contributed by atoms with Crippen molar-refractivity contribution in [3.8, 4) is 0 Å². The normalized spacial score (nSPS) is 12.5. The van der Waals surface area contributed by atoms with Crippen molar-refractivity contribution in [2.24, 2.45) is 4.99 Å². The van der Waals surface area contributed by atoms with Crippen LogP contribution in [0, 0.1) is 0 Å². The summed E-state index contributed by atoms with van der Waals surface area (Å²) in [5.41, 5.74) is 6.88. The molecule has 0 atom stereocenters. The molecule has 0 saturated carbocycles. The summed E-state index contributed by atoms with van der Waals surface area (Å²) >= 11 is 0. The van der Waals surface area contributed by atoms with Crippen LogP contribution in [0.3, 0.4) is 0 Å². The minimum atomic E-state index is -0.415. The first-order valence-electron chi connectivity index (χ1n) is 9.17. The van der Waals surface area contributed by atoms with E-state index in [1.54, 1.807) is 0 Å². The fourth-order valence-electron chi connectivity index (χ4n) is 3.33. The first-order chi connectivity index (χ1) is 14.2. The van der Waals surface area contributed by atoms with Gasteiger partial charge in [-0.25, -0.2) is 9.98 Å². The van der Waals surface area contributed by atoms with Crippen LogP contribution in [0.1, 0.15) is 11.4 Å². The van der Waals surface area contributed by atoms with E-state index in [0.717, 1.165) is 33.3 Å². The predicted molar refractivity (Wildman–Crippen MR) is 116 cm³/mol. The number of rotatable bonds is 1. The smallest absolute Gasteiger partial charge is 0.269 e. The van der Waals surface area contributed by atoms with Gasteiger partial charge in [-0.3, -0.25) is 4.79 Å². The maximum Gasteiger partial charge on any atom is 0.269 e. The van der Waals surface area contributed by atoms with Gasteiger partial charge >= 0.3 is 0 Å². The molecule has 1 aliphatic heterocycles. The Kier molecular flexibility index (Phi) is 3.95. The summed E-state index contributed by atoms with van der Waals surface area (Å²) in [5.74, 6) is -0.415. The van der Waals surface area contributed by atoms with Gasteiger partial charge in [-0.05, 0) is 72.8 Å². The van der Waals surface area contributed by atoms with E-state index < -0.39 is 5.91 Å². The van der Waals surface area contributed by atoms with Gasteiger partial charge in [-0.15, -0.1) is 0 Å². The van der Waals surface area contributed by atoms with Crippen LogP contribution in [0.4, 0.5) is 0 Å². The Bertz CT molecular complexity index is 1500. The van der Waals surface area contributed by atoms with Crippen LogP contribution in [0.25, 0.3) is 45.3 Å². The van der Waals surface area contributed by atoms with Crippen molar-refractivity contribution < 1.29 is 4.79 Å². The molecule has 3 N–H and O–H groups in total. The van der Waals surface area contributed by atoms with E-state index in [9.17, 15) is 4.79 Å². The van der Waals surface area contributed by atoms with E-state index in [1.165, 1.54) is 6.08 Å². The highest BCUT2D eigenvalue weighted by molar-refractivity contribution is 5.88. The summed E-state index contributed by atoms with van der Waals surface area (Å²) in [4.78, 5) is 30.9. The Balaban J connectivity index is 1.92. The molecule has 29 heavy (non-hydrogen) atoms. The molecule has 1 amide bonds. The minimum absolute atomic E-state index is 0.415. The predicted octanol–water partition coefficient (Wildman–Crippen LogP) is 4.31. The van der Waals surface area contributed by atoms with E-state index in [0.29, 0.717) is 16.6 Å². The Morgan fingerprint density at radius 3 is 2.07 bits per heavy atom. The first-order valence-corrected chi connectivity index (χ1v) is 9.17. The van der Waals surface area contributed by atoms with Crippen molar-refractivity contribution in [3.05, 3.63) is 84.0 Å². The molecule has 6 nitrogen and oxygen atoms in total. The second-order valence-corrected chi connectivity index (χ2v) is 6.76. The number of fused-ring (bicyclic) bond motifs is 8. The summed E-state index contributed by atoms with van der Waals surface area (Å²) in [7, 11) is 0. The quantitative estimate of drug-likeness (QED) is 0.379. The zero-order valence-electron chi connectivity index (χ0n) is 15.4. The summed E-state index contributed by atoms with van der Waals surface area (Å²) in [5, 5.41) is 0.481. The molecule has 0 unspecified atom stereocenters. The van der Waals surface area contributed by atoms with E-state index in [4.69, 9.17) is 0 Å². The third kappa shape index (κ3) is 3.39. The molecule has 0 fully saturated rings. The summed E-state index contributed by atoms with van der Waals surface area (Å²) in [6.07, 6.45) is 4.95. The molecular weight excluding hydrogens is 362 g/mol. The fourth-order valence-corrected chi connectivity index (χ4v) is 3.33. The lowest BCUT2D eigenvalue weighted by Gasteiger charge is -1.90. The molecule has 0 spiro atoms. The van der Waals surface area contributed by atoms with Gasteiger partial charge in [0.25, 0.3) is 5.91 Å². The second-order valence-electron chi connectivity index (χ2n) is 6.76. The van der Waals surface area contributed by atoms with Gasteiger partial charge < -0.3 is 15.0 Å². The van der Waals surface area contributed by atoms with Crippen LogP contribution < -0.4 is 5.36 Å². The minimum Gasteiger partial charge on any atom is -0.355 e. The number of nitrogens with zero attached hydrogens (tertiary/aromatic N) is 2. The number of carbonyl (C=O) groups is 1. The molecular formula is C23H17N5O. The largest absolute Gasteiger partial charge is 0.355 e. The first kappa shape index (κ1) is 16.9. The third-order valence-corrected chi connectivity index (χ3v) is 4.65. The molecule has 8 bridgehead atoms. The summed E-state index contributed by atoms with van der Waals surface area (Å²) < 4.78 is 0. The maximum atomic E-state index is 12.0. The molecule has 0 aliphatic carbocycles. The highest BCUT2D eigenvalue weighted by Gasteiger charge is 2.05. The second kappa shape index (κ2) is 6.76. The average Bonchev–Trinajstić information content (AvgIpc) is 3.49. The van der Waals surface area contributed by atoms with Crippen molar-refractivity contribution in [1.82, 2.24) is 19.9 Å². The van der Waals surface area contributed by atoms with Crippen molar-refractivity contribution in [2.75, 3.05) is 0 Å². The van der Waals surface area contributed by atoms with Crippen LogP contribution in [0.5, 0.6) is 0 Å². The molecule has 4 aromatic rings. The Morgan fingerprint density at radius 2 is 1.41 bits per heavy atom. The van der Waals surface area contributed by atoms with Crippen molar-refractivity contribution >= 4 is 51.2 Å². The number of hydrogen-bond donors (Lipinski definition) is 3. The van der Waals surface area contributed by atoms with Crippen LogP contribution in [-0.4, -0.2) is 25.8 Å². The zero-order chi connectivity index (χ0) is 19.8. The summed E-state index contributed by atoms with van der Waals surface area (Å²) in [6.45, 7) is 3.51. The standard InChI is InChI=1S/C23H17N5O/c1-2-22(29)28-23-20-9-7-18(26-20)12-16-5-3-14(24-16)11-15-4-6-17(25-15)13-19-8-10-21(23)27-19/h2-13,24-26H,1H2.